The molecule has 33 heavy (non-hydrogen) atoms. The Morgan fingerprint density at radius 1 is 0.939 bits per heavy atom. The van der Waals surface area contributed by atoms with Crippen molar-refractivity contribution in [3.8, 4) is 0 Å². The van der Waals surface area contributed by atoms with Gasteiger partial charge in [0.25, 0.3) is 5.91 Å². The van der Waals surface area contributed by atoms with Gasteiger partial charge in [0.1, 0.15) is 6.04 Å². The fourth-order valence-electron chi connectivity index (χ4n) is 5.01. The van der Waals surface area contributed by atoms with Gasteiger partial charge in [-0.15, -0.1) is 0 Å². The van der Waals surface area contributed by atoms with Crippen molar-refractivity contribution in [3.63, 3.8) is 0 Å². The molecule has 2 aliphatic rings. The molecular weight excluding hydrogens is 414 g/mol. The second-order valence-electron chi connectivity index (χ2n) is 8.81. The number of furan rings is 1. The largest absolute Gasteiger partial charge is 0.459 e. The van der Waals surface area contributed by atoms with E-state index in [-0.39, 0.29) is 23.6 Å². The third-order valence-corrected chi connectivity index (χ3v) is 6.78. The van der Waals surface area contributed by atoms with Gasteiger partial charge in [-0.2, -0.15) is 0 Å². The summed E-state index contributed by atoms with van der Waals surface area (Å²) >= 11 is 0. The highest BCUT2D eigenvalue weighted by Gasteiger charge is 2.36. The number of fused-ring (bicyclic) bond motifs is 1. The molecule has 0 bridgehead atoms. The Morgan fingerprint density at radius 2 is 1.67 bits per heavy atom. The molecule has 1 N–H and O–H groups in total. The van der Waals surface area contributed by atoms with Gasteiger partial charge in [-0.1, -0.05) is 54.6 Å². The van der Waals surface area contributed by atoms with E-state index >= 15 is 0 Å². The molecule has 1 fully saturated rings. The standard InChI is InChI=1S/C27H29N3O3/c31-26(28-18-24(29-14-6-7-15-29)20-9-2-1-3-10-20)23-17-21-11-4-5-12-22(21)19-30(23)27(32)25-13-8-16-33-25/h1-5,8-13,16,23-24H,6-7,14-15,17-19H2,(H,28,31). The van der Waals surface area contributed by atoms with Crippen LogP contribution in [0.2, 0.25) is 0 Å². The number of carbonyl (C=O) groups is 2. The normalized spacial score (nSPS) is 19.2. The number of rotatable bonds is 6. The van der Waals surface area contributed by atoms with Crippen LogP contribution in [0.25, 0.3) is 0 Å². The highest BCUT2D eigenvalue weighted by molar-refractivity contribution is 5.96. The fourth-order valence-corrected chi connectivity index (χ4v) is 5.01. The Balaban J connectivity index is 1.36. The molecule has 0 radical (unpaired) electrons. The lowest BCUT2D eigenvalue weighted by atomic mass is 9.93. The van der Waals surface area contributed by atoms with Crippen LogP contribution in [0.3, 0.4) is 0 Å². The van der Waals surface area contributed by atoms with Gasteiger partial charge in [0.2, 0.25) is 5.91 Å². The van der Waals surface area contributed by atoms with Crippen molar-refractivity contribution in [3.05, 3.63) is 95.4 Å². The van der Waals surface area contributed by atoms with Crippen LogP contribution in [0.5, 0.6) is 0 Å². The maximum atomic E-state index is 13.5. The van der Waals surface area contributed by atoms with Gasteiger partial charge in [0, 0.05) is 19.5 Å². The minimum absolute atomic E-state index is 0.121. The van der Waals surface area contributed by atoms with Crippen molar-refractivity contribution in [1.29, 1.82) is 0 Å². The molecule has 1 aromatic heterocycles. The maximum Gasteiger partial charge on any atom is 0.290 e. The second kappa shape index (κ2) is 9.63. The summed E-state index contributed by atoms with van der Waals surface area (Å²) < 4.78 is 5.36. The number of likely N-dealkylation sites (tertiary alicyclic amines) is 1. The first kappa shape index (κ1) is 21.5. The molecule has 2 amide bonds. The predicted octanol–water partition coefficient (Wildman–Crippen LogP) is 3.80. The molecule has 5 rings (SSSR count). The van der Waals surface area contributed by atoms with Crippen LogP contribution in [0, 0.1) is 0 Å². The molecule has 0 spiro atoms. The van der Waals surface area contributed by atoms with E-state index < -0.39 is 6.04 Å². The number of benzene rings is 2. The van der Waals surface area contributed by atoms with E-state index in [2.05, 4.69) is 22.3 Å². The number of nitrogens with zero attached hydrogens (tertiary/aromatic N) is 2. The Morgan fingerprint density at radius 3 is 2.39 bits per heavy atom. The number of amides is 2. The maximum absolute atomic E-state index is 13.5. The Labute approximate surface area is 194 Å². The van der Waals surface area contributed by atoms with Crippen LogP contribution in [-0.4, -0.2) is 47.3 Å². The number of carbonyl (C=O) groups excluding carboxylic acids is 2. The van der Waals surface area contributed by atoms with Crippen LogP contribution in [0.15, 0.2) is 77.4 Å². The highest BCUT2D eigenvalue weighted by atomic mass is 16.3. The van der Waals surface area contributed by atoms with Crippen LogP contribution in [-0.2, 0) is 17.8 Å². The topological polar surface area (TPSA) is 65.8 Å². The first-order valence-corrected chi connectivity index (χ1v) is 11.7. The number of hydrogen-bond donors (Lipinski definition) is 1. The van der Waals surface area contributed by atoms with E-state index in [4.69, 9.17) is 4.42 Å². The molecule has 0 aliphatic carbocycles. The summed E-state index contributed by atoms with van der Waals surface area (Å²) in [6, 6.07) is 21.3. The van der Waals surface area contributed by atoms with Crippen molar-refractivity contribution in [2.75, 3.05) is 19.6 Å². The average Bonchev–Trinajstić information content (AvgIpc) is 3.58. The molecule has 2 aromatic carbocycles. The van der Waals surface area contributed by atoms with Gasteiger partial charge >= 0.3 is 0 Å². The molecule has 6 nitrogen and oxygen atoms in total. The fraction of sp³-hybridized carbons (Fsp3) is 0.333. The average molecular weight is 444 g/mol. The predicted molar refractivity (Wildman–Crippen MR) is 126 cm³/mol. The van der Waals surface area contributed by atoms with Crippen LogP contribution < -0.4 is 5.32 Å². The third kappa shape index (κ3) is 4.57. The molecule has 170 valence electrons. The van der Waals surface area contributed by atoms with E-state index in [1.165, 1.54) is 24.7 Å². The quantitative estimate of drug-likeness (QED) is 0.629. The van der Waals surface area contributed by atoms with Gasteiger partial charge in [-0.25, -0.2) is 0 Å². The molecule has 1 saturated heterocycles. The van der Waals surface area contributed by atoms with E-state index in [9.17, 15) is 9.59 Å². The van der Waals surface area contributed by atoms with Crippen molar-refractivity contribution in [2.45, 2.75) is 37.9 Å². The molecule has 3 aromatic rings. The van der Waals surface area contributed by atoms with Gasteiger partial charge < -0.3 is 14.6 Å². The van der Waals surface area contributed by atoms with E-state index in [0.29, 0.717) is 19.5 Å². The second-order valence-corrected chi connectivity index (χ2v) is 8.81. The summed E-state index contributed by atoms with van der Waals surface area (Å²) in [5.74, 6) is -0.121. The Hall–Kier alpha value is -3.38. The molecular formula is C27H29N3O3. The molecule has 3 heterocycles. The van der Waals surface area contributed by atoms with Crippen molar-refractivity contribution < 1.29 is 14.0 Å². The SMILES string of the molecule is O=C(NCC(c1ccccc1)N1CCCC1)C1Cc2ccccc2CN1C(=O)c1ccco1. The summed E-state index contributed by atoms with van der Waals surface area (Å²) in [6.07, 6.45) is 4.35. The third-order valence-electron chi connectivity index (χ3n) is 6.78. The number of nitrogens with one attached hydrogen (secondary N) is 1. The van der Waals surface area contributed by atoms with Gasteiger partial charge in [0.05, 0.1) is 12.3 Å². The smallest absolute Gasteiger partial charge is 0.290 e. The molecule has 2 atom stereocenters. The number of hydrogen-bond acceptors (Lipinski definition) is 4. The van der Waals surface area contributed by atoms with Crippen molar-refractivity contribution >= 4 is 11.8 Å². The summed E-state index contributed by atoms with van der Waals surface area (Å²) in [7, 11) is 0. The summed E-state index contributed by atoms with van der Waals surface area (Å²) in [6.45, 7) is 2.98. The van der Waals surface area contributed by atoms with Crippen molar-refractivity contribution in [1.82, 2.24) is 15.1 Å². The zero-order valence-electron chi connectivity index (χ0n) is 18.7. The summed E-state index contributed by atoms with van der Waals surface area (Å²) in [5, 5.41) is 3.18. The lowest BCUT2D eigenvalue weighted by Gasteiger charge is -2.36. The van der Waals surface area contributed by atoms with Crippen LogP contribution in [0.4, 0.5) is 0 Å². The highest BCUT2D eigenvalue weighted by Crippen LogP contribution is 2.27. The van der Waals surface area contributed by atoms with Crippen molar-refractivity contribution in [2.24, 2.45) is 0 Å². The first-order chi connectivity index (χ1) is 16.2. The van der Waals surface area contributed by atoms with E-state index in [1.807, 2.05) is 42.5 Å². The molecule has 2 aliphatic heterocycles. The Bertz CT molecular complexity index is 1090. The van der Waals surface area contributed by atoms with E-state index in [1.54, 1.807) is 17.0 Å². The monoisotopic (exact) mass is 443 g/mol. The Kier molecular flexibility index (Phi) is 6.26. The van der Waals surface area contributed by atoms with Gasteiger partial charge in [-0.3, -0.25) is 14.5 Å². The lowest BCUT2D eigenvalue weighted by molar-refractivity contribution is -0.126. The van der Waals surface area contributed by atoms with Crippen LogP contribution >= 0.6 is 0 Å². The van der Waals surface area contributed by atoms with Gasteiger partial charge in [-0.05, 0) is 54.8 Å². The minimum Gasteiger partial charge on any atom is -0.459 e. The minimum atomic E-state index is -0.576. The van der Waals surface area contributed by atoms with Gasteiger partial charge in [0.15, 0.2) is 5.76 Å². The first-order valence-electron chi connectivity index (χ1n) is 11.7. The summed E-state index contributed by atoms with van der Waals surface area (Å²) in [4.78, 5) is 30.8. The van der Waals surface area contributed by atoms with E-state index in [0.717, 1.165) is 24.2 Å². The summed E-state index contributed by atoms with van der Waals surface area (Å²) in [5.41, 5.74) is 3.39. The zero-order valence-corrected chi connectivity index (χ0v) is 18.7. The zero-order chi connectivity index (χ0) is 22.6. The molecule has 2 unspecified atom stereocenters. The molecule has 6 heteroatoms. The lowest BCUT2D eigenvalue weighted by Crippen LogP contribution is -2.53. The molecule has 0 saturated carbocycles. The van der Waals surface area contributed by atoms with Crippen LogP contribution in [0.1, 0.15) is 46.1 Å².